The lowest BCUT2D eigenvalue weighted by Crippen LogP contribution is -2.40. The topological polar surface area (TPSA) is 162 Å². The summed E-state index contributed by atoms with van der Waals surface area (Å²) in [6.07, 6.45) is 0. The molecule has 0 aliphatic carbocycles. The summed E-state index contributed by atoms with van der Waals surface area (Å²) in [6.45, 7) is 1.71. The van der Waals surface area contributed by atoms with Gasteiger partial charge < -0.3 is 14.1 Å². The molecule has 12 nitrogen and oxygen atoms in total. The number of fused-ring (bicyclic) bond motifs is 1. The van der Waals surface area contributed by atoms with Crippen LogP contribution < -0.4 is 4.72 Å². The Morgan fingerprint density at radius 1 is 1.02 bits per heavy atom. The second-order valence-corrected chi connectivity index (χ2v) is 14.5. The summed E-state index contributed by atoms with van der Waals surface area (Å²) < 4.78 is 63.5. The van der Waals surface area contributed by atoms with Gasteiger partial charge in [0.25, 0.3) is 5.91 Å². The van der Waals surface area contributed by atoms with Crippen molar-refractivity contribution in [1.29, 1.82) is 0 Å². The minimum absolute atomic E-state index is 0.0834. The van der Waals surface area contributed by atoms with Gasteiger partial charge in [-0.25, -0.2) is 26.5 Å². The Morgan fingerprint density at radius 3 is 2.49 bits per heavy atom. The number of ether oxygens (including phenoxy) is 1. The third-order valence-electron chi connectivity index (χ3n) is 7.10. The molecule has 1 saturated heterocycles. The smallest absolute Gasteiger partial charge is 0.255 e. The van der Waals surface area contributed by atoms with Gasteiger partial charge in [0.15, 0.2) is 15.1 Å². The van der Waals surface area contributed by atoms with Crippen molar-refractivity contribution in [3.05, 3.63) is 99.7 Å². The average molecular weight is 688 g/mol. The van der Waals surface area contributed by atoms with Gasteiger partial charge in [-0.2, -0.15) is 0 Å². The molecule has 1 amide bonds. The Balaban J connectivity index is 1.33. The first-order chi connectivity index (χ1) is 21.7. The summed E-state index contributed by atoms with van der Waals surface area (Å²) in [5.74, 6) is -0.756. The fourth-order valence-corrected chi connectivity index (χ4v) is 8.60. The van der Waals surface area contributed by atoms with Crippen molar-refractivity contribution in [2.45, 2.75) is 17.5 Å². The third kappa shape index (κ3) is 7.08. The number of morpholine rings is 1. The van der Waals surface area contributed by atoms with Crippen molar-refractivity contribution in [2.75, 3.05) is 26.3 Å². The number of amides is 1. The van der Waals surface area contributed by atoms with Crippen LogP contribution in [0.15, 0.2) is 71.1 Å². The molecule has 1 N–H and O–H groups in total. The highest BCUT2D eigenvalue weighted by Gasteiger charge is 2.37. The molecule has 0 spiro atoms. The van der Waals surface area contributed by atoms with Crippen LogP contribution in [0.4, 0.5) is 0 Å². The van der Waals surface area contributed by atoms with E-state index >= 15 is 0 Å². The quantitative estimate of drug-likeness (QED) is 0.207. The second kappa shape index (κ2) is 13.3. The third-order valence-corrected chi connectivity index (χ3v) is 10.9. The molecule has 0 saturated carbocycles. The number of thiol groups is 1. The van der Waals surface area contributed by atoms with E-state index in [0.29, 0.717) is 52.7 Å². The van der Waals surface area contributed by atoms with Crippen LogP contribution in [0.5, 0.6) is 0 Å². The van der Waals surface area contributed by atoms with E-state index < -0.39 is 26.0 Å². The fraction of sp³-hybridized carbons (Fsp3) is 0.241. The number of aromatic nitrogens is 3. The first-order valence-corrected chi connectivity index (χ1v) is 17.8. The number of nitrogens with one attached hydrogen (secondary N) is 1. The first-order valence-electron chi connectivity index (χ1n) is 13.7. The molecule has 45 heavy (non-hydrogen) atoms. The van der Waals surface area contributed by atoms with Crippen LogP contribution in [0.2, 0.25) is 5.02 Å². The van der Waals surface area contributed by atoms with E-state index in [1.54, 1.807) is 53.4 Å². The second-order valence-electron chi connectivity index (χ2n) is 10.1. The number of thiazole rings is 1. The lowest BCUT2D eigenvalue weighted by molar-refractivity contribution is 0.0303. The van der Waals surface area contributed by atoms with Crippen LogP contribution in [0.3, 0.4) is 0 Å². The van der Waals surface area contributed by atoms with Crippen LogP contribution in [-0.4, -0.2) is 69.1 Å². The number of rotatable bonds is 10. The standard InChI is InChI=1S/C29H26ClN5O7S3/c30-22-14-19(6-8-21(22)29(36)35-10-12-41-13-11-35)20-7-9-23-24(15-20)43-28(32-23)26(27-34-33-25(42-27)16-31-44(37)38)45(39,40)17-18-4-2-1-3-5-18/h1-9,14-15,26,44H,10-13,16-17H2,(H,31,37,38). The SMILES string of the molecule is O=C(c1ccc(-c2ccc3nc(C(c4nnc(CN[SH](=O)=O)o4)S(=O)(=O)Cc4ccccc4)sc3c2)cc1Cl)N1CCOCC1. The van der Waals surface area contributed by atoms with Crippen molar-refractivity contribution in [1.82, 2.24) is 24.8 Å². The van der Waals surface area contributed by atoms with Crippen LogP contribution in [0.1, 0.15) is 38.0 Å². The Morgan fingerprint density at radius 2 is 1.76 bits per heavy atom. The molecular weight excluding hydrogens is 662 g/mol. The van der Waals surface area contributed by atoms with E-state index in [2.05, 4.69) is 19.9 Å². The van der Waals surface area contributed by atoms with Gasteiger partial charge in [0, 0.05) is 13.1 Å². The lowest BCUT2D eigenvalue weighted by atomic mass is 10.0. The fourth-order valence-electron chi connectivity index (χ4n) is 4.92. The summed E-state index contributed by atoms with van der Waals surface area (Å²) in [6, 6.07) is 19.4. The Kier molecular flexibility index (Phi) is 9.26. The van der Waals surface area contributed by atoms with Crippen molar-refractivity contribution in [3.8, 4) is 11.1 Å². The predicted molar refractivity (Wildman–Crippen MR) is 169 cm³/mol. The van der Waals surface area contributed by atoms with Gasteiger partial charge in [0.05, 0.1) is 46.3 Å². The summed E-state index contributed by atoms with van der Waals surface area (Å²) in [5.41, 5.74) is 3.11. The first kappa shape index (κ1) is 31.3. The van der Waals surface area contributed by atoms with Crippen molar-refractivity contribution in [3.63, 3.8) is 0 Å². The van der Waals surface area contributed by atoms with E-state index in [-0.39, 0.29) is 35.0 Å². The number of sulfone groups is 1. The number of carbonyl (C=O) groups is 1. The largest absolute Gasteiger partial charge is 0.422 e. The zero-order chi connectivity index (χ0) is 31.6. The van der Waals surface area contributed by atoms with Crippen LogP contribution >= 0.6 is 22.9 Å². The van der Waals surface area contributed by atoms with Crippen LogP contribution in [-0.2, 0) is 37.8 Å². The van der Waals surface area contributed by atoms with Gasteiger partial charge >= 0.3 is 0 Å². The van der Waals surface area contributed by atoms with Gasteiger partial charge in [0.2, 0.25) is 22.7 Å². The molecular formula is C29H26ClN5O7S3. The molecule has 6 rings (SSSR count). The molecule has 1 aliphatic rings. The van der Waals surface area contributed by atoms with Crippen molar-refractivity contribution in [2.24, 2.45) is 0 Å². The molecule has 16 heteroatoms. The zero-order valence-electron chi connectivity index (χ0n) is 23.5. The minimum Gasteiger partial charge on any atom is -0.422 e. The molecule has 3 aromatic carbocycles. The molecule has 234 valence electrons. The molecule has 0 radical (unpaired) electrons. The molecule has 1 atom stereocenters. The summed E-state index contributed by atoms with van der Waals surface area (Å²) in [7, 11) is -6.90. The summed E-state index contributed by atoms with van der Waals surface area (Å²) in [5, 5.41) is 6.96. The zero-order valence-corrected chi connectivity index (χ0v) is 26.7. The average Bonchev–Trinajstić information content (AvgIpc) is 3.67. The Bertz CT molecular complexity index is 2030. The van der Waals surface area contributed by atoms with Gasteiger partial charge in [-0.3, -0.25) is 4.79 Å². The molecule has 5 aromatic rings. The van der Waals surface area contributed by atoms with E-state index in [1.807, 2.05) is 18.2 Å². The Labute approximate surface area is 269 Å². The lowest BCUT2D eigenvalue weighted by Gasteiger charge is -2.27. The normalized spacial score (nSPS) is 14.7. The predicted octanol–water partition coefficient (Wildman–Crippen LogP) is 3.79. The van der Waals surface area contributed by atoms with Gasteiger partial charge in [-0.15, -0.1) is 21.5 Å². The Hall–Kier alpha value is -3.73. The van der Waals surface area contributed by atoms with Gasteiger partial charge in [-0.05, 0) is 41.0 Å². The maximum absolute atomic E-state index is 13.9. The molecule has 0 bridgehead atoms. The monoisotopic (exact) mass is 687 g/mol. The van der Waals surface area contributed by atoms with E-state index in [0.717, 1.165) is 11.1 Å². The van der Waals surface area contributed by atoms with Gasteiger partial charge in [0.1, 0.15) is 5.01 Å². The molecule has 1 fully saturated rings. The van der Waals surface area contributed by atoms with Crippen molar-refractivity contribution >= 4 is 59.8 Å². The summed E-state index contributed by atoms with van der Waals surface area (Å²) >= 11 is 7.74. The van der Waals surface area contributed by atoms with Crippen LogP contribution in [0.25, 0.3) is 21.3 Å². The number of benzene rings is 3. The molecule has 1 aliphatic heterocycles. The number of halogens is 1. The number of nitrogens with zero attached hydrogens (tertiary/aromatic N) is 4. The van der Waals surface area contributed by atoms with Gasteiger partial charge in [-0.1, -0.05) is 54.1 Å². The molecule has 3 heterocycles. The highest BCUT2D eigenvalue weighted by atomic mass is 35.5. The maximum Gasteiger partial charge on any atom is 0.255 e. The van der Waals surface area contributed by atoms with Crippen LogP contribution in [0, 0.1) is 0 Å². The van der Waals surface area contributed by atoms with E-state index in [9.17, 15) is 21.6 Å². The van der Waals surface area contributed by atoms with Crippen molar-refractivity contribution < 1.29 is 30.8 Å². The molecule has 2 aromatic heterocycles. The minimum atomic E-state index is -3.99. The number of hydrogen-bond acceptors (Lipinski definition) is 11. The van der Waals surface area contributed by atoms with E-state index in [4.69, 9.17) is 20.8 Å². The molecule has 1 unspecified atom stereocenters. The number of carbonyl (C=O) groups excluding carboxylic acids is 1. The highest BCUT2D eigenvalue weighted by molar-refractivity contribution is 7.91. The highest BCUT2D eigenvalue weighted by Crippen LogP contribution is 2.38. The summed E-state index contributed by atoms with van der Waals surface area (Å²) in [4.78, 5) is 19.3. The van der Waals surface area contributed by atoms with E-state index in [1.165, 1.54) is 11.3 Å². The maximum atomic E-state index is 13.9. The number of hydrogen-bond donors (Lipinski definition) is 2.